The van der Waals surface area contributed by atoms with E-state index in [1.807, 2.05) is 23.8 Å². The fraction of sp³-hybridized carbons (Fsp3) is 0.455. The lowest BCUT2D eigenvalue weighted by atomic mass is 10.5. The number of nitrogens with one attached hydrogen (secondary N) is 1. The summed E-state index contributed by atoms with van der Waals surface area (Å²) in [6.07, 6.45) is 6.28. The van der Waals surface area contributed by atoms with Gasteiger partial charge in [-0.25, -0.2) is 4.98 Å². The standard InChI is InChI=1S/C11H16N4O2/c1-12-9-8-15-5-4-13-10(15)11(14-9)17-7-3-6-16-2/h4-5,8,12H,3,6-7H2,1-2H3. The minimum Gasteiger partial charge on any atom is -0.475 e. The third kappa shape index (κ3) is 2.65. The van der Waals surface area contributed by atoms with Crippen molar-refractivity contribution in [3.8, 4) is 5.88 Å². The van der Waals surface area contributed by atoms with E-state index in [0.29, 0.717) is 19.1 Å². The summed E-state index contributed by atoms with van der Waals surface area (Å²) in [6.45, 7) is 1.24. The van der Waals surface area contributed by atoms with Gasteiger partial charge in [-0.05, 0) is 0 Å². The molecule has 2 aromatic heterocycles. The predicted molar refractivity (Wildman–Crippen MR) is 64.5 cm³/mol. The minimum absolute atomic E-state index is 0.540. The largest absolute Gasteiger partial charge is 0.475 e. The molecule has 0 saturated carbocycles. The molecule has 0 bridgehead atoms. The van der Waals surface area contributed by atoms with Crippen LogP contribution >= 0.6 is 0 Å². The third-order valence-electron chi connectivity index (χ3n) is 2.33. The Balaban J connectivity index is 2.16. The molecule has 0 aliphatic heterocycles. The van der Waals surface area contributed by atoms with Crippen LogP contribution in [0.15, 0.2) is 18.6 Å². The van der Waals surface area contributed by atoms with Crippen LogP contribution in [0.3, 0.4) is 0 Å². The number of rotatable bonds is 6. The molecule has 0 unspecified atom stereocenters. The van der Waals surface area contributed by atoms with Crippen LogP contribution in [0, 0.1) is 0 Å². The van der Waals surface area contributed by atoms with Crippen molar-refractivity contribution in [2.75, 3.05) is 32.7 Å². The summed E-state index contributed by atoms with van der Waals surface area (Å²) in [4.78, 5) is 8.54. The lowest BCUT2D eigenvalue weighted by molar-refractivity contribution is 0.171. The Morgan fingerprint density at radius 3 is 3.06 bits per heavy atom. The van der Waals surface area contributed by atoms with E-state index in [1.165, 1.54) is 0 Å². The molecule has 17 heavy (non-hydrogen) atoms. The van der Waals surface area contributed by atoms with Crippen LogP contribution in [0.1, 0.15) is 6.42 Å². The van der Waals surface area contributed by atoms with Gasteiger partial charge in [-0.1, -0.05) is 0 Å². The van der Waals surface area contributed by atoms with Gasteiger partial charge in [0.25, 0.3) is 5.88 Å². The zero-order chi connectivity index (χ0) is 12.1. The summed E-state index contributed by atoms with van der Waals surface area (Å²) in [7, 11) is 3.49. The van der Waals surface area contributed by atoms with Gasteiger partial charge < -0.3 is 14.8 Å². The van der Waals surface area contributed by atoms with Gasteiger partial charge in [0.05, 0.1) is 12.8 Å². The Kier molecular flexibility index (Phi) is 3.77. The number of hydrogen-bond donors (Lipinski definition) is 1. The predicted octanol–water partition coefficient (Wildman–Crippen LogP) is 1.19. The summed E-state index contributed by atoms with van der Waals surface area (Å²) in [5.41, 5.74) is 0.724. The van der Waals surface area contributed by atoms with Gasteiger partial charge in [0.1, 0.15) is 5.82 Å². The first-order valence-corrected chi connectivity index (χ1v) is 5.48. The normalized spacial score (nSPS) is 10.7. The molecule has 6 heteroatoms. The van der Waals surface area contributed by atoms with Crippen molar-refractivity contribution in [1.29, 1.82) is 0 Å². The third-order valence-corrected chi connectivity index (χ3v) is 2.33. The molecule has 1 N–H and O–H groups in total. The maximum atomic E-state index is 5.61. The lowest BCUT2D eigenvalue weighted by Crippen LogP contribution is -2.06. The summed E-state index contributed by atoms with van der Waals surface area (Å²) in [5.74, 6) is 1.29. The van der Waals surface area contributed by atoms with E-state index in [2.05, 4.69) is 15.3 Å². The molecule has 0 aromatic carbocycles. The van der Waals surface area contributed by atoms with E-state index in [-0.39, 0.29) is 0 Å². The van der Waals surface area contributed by atoms with E-state index in [4.69, 9.17) is 9.47 Å². The Bertz CT molecular complexity index is 483. The number of hydrogen-bond acceptors (Lipinski definition) is 5. The summed E-state index contributed by atoms with van der Waals surface area (Å²) < 4.78 is 12.5. The van der Waals surface area contributed by atoms with Gasteiger partial charge in [0.15, 0.2) is 0 Å². The average Bonchev–Trinajstić information content (AvgIpc) is 2.82. The Morgan fingerprint density at radius 1 is 1.41 bits per heavy atom. The first-order valence-electron chi connectivity index (χ1n) is 5.48. The summed E-state index contributed by atoms with van der Waals surface area (Å²) >= 11 is 0. The molecule has 2 rings (SSSR count). The van der Waals surface area contributed by atoms with Crippen molar-refractivity contribution >= 4 is 11.5 Å². The second-order valence-corrected chi connectivity index (χ2v) is 3.53. The number of ether oxygens (including phenoxy) is 2. The maximum absolute atomic E-state index is 5.61. The van der Waals surface area contributed by atoms with Crippen LogP contribution in [0.5, 0.6) is 5.88 Å². The molecule has 0 aliphatic rings. The van der Waals surface area contributed by atoms with Crippen molar-refractivity contribution in [3.05, 3.63) is 18.6 Å². The van der Waals surface area contributed by atoms with Gasteiger partial charge in [-0.15, -0.1) is 0 Å². The van der Waals surface area contributed by atoms with Crippen LogP contribution in [0.4, 0.5) is 5.82 Å². The first-order chi connectivity index (χ1) is 8.35. The molecule has 0 atom stereocenters. The van der Waals surface area contributed by atoms with E-state index in [0.717, 1.165) is 17.9 Å². The SMILES string of the molecule is CNc1cn2ccnc2c(OCCCOC)n1. The molecule has 0 amide bonds. The van der Waals surface area contributed by atoms with Crippen LogP contribution in [-0.4, -0.2) is 41.7 Å². The molecule has 0 fully saturated rings. The highest BCUT2D eigenvalue weighted by molar-refractivity contribution is 5.53. The first kappa shape index (κ1) is 11.7. The summed E-state index contributed by atoms with van der Waals surface area (Å²) in [5, 5.41) is 2.99. The maximum Gasteiger partial charge on any atom is 0.260 e. The molecule has 2 aromatic rings. The van der Waals surface area contributed by atoms with Gasteiger partial charge in [-0.2, -0.15) is 4.98 Å². The Labute approximate surface area is 99.6 Å². The smallest absolute Gasteiger partial charge is 0.260 e. The van der Waals surface area contributed by atoms with E-state index < -0.39 is 0 Å². The second kappa shape index (κ2) is 5.49. The molecular weight excluding hydrogens is 220 g/mol. The molecule has 0 spiro atoms. The number of imidazole rings is 1. The Morgan fingerprint density at radius 2 is 2.29 bits per heavy atom. The van der Waals surface area contributed by atoms with Crippen LogP contribution in [0.2, 0.25) is 0 Å². The highest BCUT2D eigenvalue weighted by Gasteiger charge is 2.07. The van der Waals surface area contributed by atoms with Crippen LogP contribution in [0.25, 0.3) is 5.65 Å². The quantitative estimate of drug-likeness (QED) is 0.763. The highest BCUT2D eigenvalue weighted by atomic mass is 16.5. The minimum atomic E-state index is 0.540. The van der Waals surface area contributed by atoms with Crippen molar-refractivity contribution in [2.45, 2.75) is 6.42 Å². The van der Waals surface area contributed by atoms with Crippen molar-refractivity contribution in [3.63, 3.8) is 0 Å². The van der Waals surface area contributed by atoms with Crippen molar-refractivity contribution in [1.82, 2.24) is 14.4 Å². The fourth-order valence-electron chi connectivity index (χ4n) is 1.49. The van der Waals surface area contributed by atoms with Gasteiger partial charge in [0.2, 0.25) is 5.65 Å². The zero-order valence-corrected chi connectivity index (χ0v) is 10.0. The molecular formula is C11H16N4O2. The highest BCUT2D eigenvalue weighted by Crippen LogP contribution is 2.18. The molecule has 92 valence electrons. The topological polar surface area (TPSA) is 60.7 Å². The van der Waals surface area contributed by atoms with Gasteiger partial charge >= 0.3 is 0 Å². The fourth-order valence-corrected chi connectivity index (χ4v) is 1.49. The molecule has 0 radical (unpaired) electrons. The molecule has 2 heterocycles. The Hall–Kier alpha value is -1.82. The molecule has 6 nitrogen and oxygen atoms in total. The second-order valence-electron chi connectivity index (χ2n) is 3.53. The number of aromatic nitrogens is 3. The van der Waals surface area contributed by atoms with Crippen LogP contribution < -0.4 is 10.1 Å². The summed E-state index contributed by atoms with van der Waals surface area (Å²) in [6, 6.07) is 0. The van der Waals surface area contributed by atoms with E-state index >= 15 is 0 Å². The average molecular weight is 236 g/mol. The lowest BCUT2D eigenvalue weighted by Gasteiger charge is -2.08. The van der Waals surface area contributed by atoms with Crippen LogP contribution in [-0.2, 0) is 4.74 Å². The van der Waals surface area contributed by atoms with Crippen molar-refractivity contribution < 1.29 is 9.47 Å². The van der Waals surface area contributed by atoms with E-state index in [1.54, 1.807) is 13.3 Å². The molecule has 0 aliphatic carbocycles. The van der Waals surface area contributed by atoms with Gasteiger partial charge in [0, 0.05) is 39.6 Å². The monoisotopic (exact) mass is 236 g/mol. The zero-order valence-electron chi connectivity index (χ0n) is 10.0. The molecule has 0 saturated heterocycles. The van der Waals surface area contributed by atoms with E-state index in [9.17, 15) is 0 Å². The number of nitrogens with zero attached hydrogens (tertiary/aromatic N) is 3. The number of anilines is 1. The van der Waals surface area contributed by atoms with Gasteiger partial charge in [-0.3, -0.25) is 4.40 Å². The van der Waals surface area contributed by atoms with Crippen molar-refractivity contribution in [2.24, 2.45) is 0 Å². The number of methoxy groups -OCH3 is 1. The number of fused-ring (bicyclic) bond motifs is 1.